The molecule has 8 nitrogen and oxygen atoms in total. The fourth-order valence-electron chi connectivity index (χ4n) is 4.14. The molecule has 0 aliphatic carbocycles. The number of ether oxygens (including phenoxy) is 1. The maximum absolute atomic E-state index is 12.5. The number of halogens is 1. The molecule has 0 bridgehead atoms. The van der Waals surface area contributed by atoms with E-state index in [1.54, 1.807) is 25.5 Å². The topological polar surface area (TPSA) is 87.0 Å². The number of hydrogen-bond acceptors (Lipinski definition) is 6. The second kappa shape index (κ2) is 11.8. The van der Waals surface area contributed by atoms with Crippen LogP contribution in [0.1, 0.15) is 17.4 Å². The number of rotatable bonds is 8. The van der Waals surface area contributed by atoms with Gasteiger partial charge in [0, 0.05) is 50.0 Å². The summed E-state index contributed by atoms with van der Waals surface area (Å²) < 4.78 is 10.9. The maximum atomic E-state index is 12.5. The molecule has 0 radical (unpaired) electrons. The summed E-state index contributed by atoms with van der Waals surface area (Å²) in [6.07, 6.45) is 1.62. The van der Waals surface area contributed by atoms with Gasteiger partial charge >= 0.3 is 11.8 Å². The molecule has 2 N–H and O–H groups in total. The lowest BCUT2D eigenvalue weighted by molar-refractivity contribution is -0.139. The minimum absolute atomic E-state index is 0.177. The van der Waals surface area contributed by atoms with Crippen molar-refractivity contribution < 1.29 is 18.7 Å². The first-order chi connectivity index (χ1) is 17.0. The van der Waals surface area contributed by atoms with E-state index in [1.165, 1.54) is 0 Å². The summed E-state index contributed by atoms with van der Waals surface area (Å²) >= 11 is 6.12. The van der Waals surface area contributed by atoms with Gasteiger partial charge in [0.05, 0.1) is 19.4 Å². The van der Waals surface area contributed by atoms with Crippen LogP contribution >= 0.6 is 11.6 Å². The Kier molecular flexibility index (Phi) is 8.28. The van der Waals surface area contributed by atoms with Gasteiger partial charge in [-0.15, -0.1) is 0 Å². The largest absolute Gasteiger partial charge is 0.497 e. The molecule has 1 aliphatic heterocycles. The molecule has 1 aliphatic rings. The summed E-state index contributed by atoms with van der Waals surface area (Å²) in [6, 6.07) is 18.8. The number of nitrogens with one attached hydrogen (secondary N) is 2. The van der Waals surface area contributed by atoms with Crippen LogP contribution in [0.5, 0.6) is 5.75 Å². The Morgan fingerprint density at radius 3 is 2.34 bits per heavy atom. The molecule has 184 valence electrons. The SMILES string of the molecule is COc1ccc(N2CCN(C(CNC(=O)C(=O)NCc3ccccc3Cl)c3ccco3)CC2)cc1. The monoisotopic (exact) mass is 496 g/mol. The second-order valence-corrected chi connectivity index (χ2v) is 8.64. The van der Waals surface area contributed by atoms with Gasteiger partial charge in [0.2, 0.25) is 0 Å². The second-order valence-electron chi connectivity index (χ2n) is 8.24. The number of carbonyl (C=O) groups excluding carboxylic acids is 2. The van der Waals surface area contributed by atoms with Gasteiger partial charge in [0.25, 0.3) is 0 Å². The molecule has 2 aromatic carbocycles. The van der Waals surface area contributed by atoms with E-state index in [4.69, 9.17) is 20.8 Å². The van der Waals surface area contributed by atoms with Crippen molar-refractivity contribution in [3.8, 4) is 5.75 Å². The minimum atomic E-state index is -0.701. The Labute approximate surface area is 209 Å². The van der Waals surface area contributed by atoms with Gasteiger partial charge in [-0.25, -0.2) is 0 Å². The Balaban J connectivity index is 1.32. The highest BCUT2D eigenvalue weighted by Gasteiger charge is 2.28. The third-order valence-electron chi connectivity index (χ3n) is 6.12. The zero-order chi connectivity index (χ0) is 24.6. The molecule has 4 rings (SSSR count). The van der Waals surface area contributed by atoms with Crippen molar-refractivity contribution in [2.24, 2.45) is 0 Å². The highest BCUT2D eigenvalue weighted by molar-refractivity contribution is 6.35. The van der Waals surface area contributed by atoms with Crippen LogP contribution in [0.3, 0.4) is 0 Å². The molecule has 3 aromatic rings. The third-order valence-corrected chi connectivity index (χ3v) is 6.49. The maximum Gasteiger partial charge on any atom is 0.309 e. The summed E-state index contributed by atoms with van der Waals surface area (Å²) in [5, 5.41) is 5.92. The predicted octanol–water partition coefficient (Wildman–Crippen LogP) is 3.24. The number of carbonyl (C=O) groups is 2. The number of anilines is 1. The lowest BCUT2D eigenvalue weighted by atomic mass is 10.1. The number of amides is 2. The van der Waals surface area contributed by atoms with E-state index in [2.05, 4.69) is 32.6 Å². The molecule has 1 aromatic heterocycles. The van der Waals surface area contributed by atoms with Crippen molar-refractivity contribution >= 4 is 29.1 Å². The fraction of sp³-hybridized carbons (Fsp3) is 0.308. The molecule has 1 saturated heterocycles. The van der Waals surface area contributed by atoms with E-state index >= 15 is 0 Å². The van der Waals surface area contributed by atoms with Crippen molar-refractivity contribution in [2.75, 3.05) is 44.7 Å². The fourth-order valence-corrected chi connectivity index (χ4v) is 4.35. The summed E-state index contributed by atoms with van der Waals surface area (Å²) in [7, 11) is 1.66. The van der Waals surface area contributed by atoms with Crippen molar-refractivity contribution in [3.05, 3.63) is 83.3 Å². The zero-order valence-corrected chi connectivity index (χ0v) is 20.3. The van der Waals surface area contributed by atoms with Crippen molar-refractivity contribution in [3.63, 3.8) is 0 Å². The van der Waals surface area contributed by atoms with Crippen LogP contribution in [0.25, 0.3) is 0 Å². The van der Waals surface area contributed by atoms with Gasteiger partial charge in [-0.1, -0.05) is 29.8 Å². The van der Waals surface area contributed by atoms with Gasteiger partial charge in [-0.2, -0.15) is 0 Å². The van der Waals surface area contributed by atoms with E-state index in [9.17, 15) is 9.59 Å². The lowest BCUT2D eigenvalue weighted by Crippen LogP contribution is -2.50. The van der Waals surface area contributed by atoms with Gasteiger partial charge < -0.3 is 24.7 Å². The number of methoxy groups -OCH3 is 1. The third kappa shape index (κ3) is 6.35. The lowest BCUT2D eigenvalue weighted by Gasteiger charge is -2.39. The molecular formula is C26H29ClN4O4. The quantitative estimate of drug-likeness (QED) is 0.466. The molecule has 1 fully saturated rings. The number of nitrogens with zero attached hydrogens (tertiary/aromatic N) is 2. The summed E-state index contributed by atoms with van der Waals surface area (Å²) in [4.78, 5) is 29.4. The molecule has 0 spiro atoms. The van der Waals surface area contributed by atoms with Crippen molar-refractivity contribution in [1.29, 1.82) is 0 Å². The summed E-state index contributed by atoms with van der Waals surface area (Å²) in [6.45, 7) is 3.67. The molecule has 1 unspecified atom stereocenters. The van der Waals surface area contributed by atoms with Crippen molar-refractivity contribution in [2.45, 2.75) is 12.6 Å². The van der Waals surface area contributed by atoms with Crippen LogP contribution in [0.2, 0.25) is 5.02 Å². The number of hydrogen-bond donors (Lipinski definition) is 2. The Morgan fingerprint density at radius 1 is 0.971 bits per heavy atom. The molecular weight excluding hydrogens is 468 g/mol. The van der Waals surface area contributed by atoms with Gasteiger partial charge in [0.15, 0.2) is 0 Å². The van der Waals surface area contributed by atoms with E-state index in [0.717, 1.165) is 48.9 Å². The Morgan fingerprint density at radius 2 is 1.69 bits per heavy atom. The summed E-state index contributed by atoms with van der Waals surface area (Å²) in [5.74, 6) is 0.189. The molecule has 35 heavy (non-hydrogen) atoms. The summed E-state index contributed by atoms with van der Waals surface area (Å²) in [5.41, 5.74) is 1.89. The average Bonchev–Trinajstić information content (AvgIpc) is 3.43. The highest BCUT2D eigenvalue weighted by atomic mass is 35.5. The van der Waals surface area contributed by atoms with Crippen LogP contribution in [-0.2, 0) is 16.1 Å². The zero-order valence-electron chi connectivity index (χ0n) is 19.6. The standard InChI is InChI=1S/C26H29ClN4O4/c1-34-21-10-8-20(9-11-21)30-12-14-31(15-13-30)23(24-7-4-16-35-24)18-29-26(33)25(32)28-17-19-5-2-3-6-22(19)27/h2-11,16,23H,12-15,17-18H2,1H3,(H,28,32)(H,29,33). The van der Waals surface area contributed by atoms with Gasteiger partial charge in [0.1, 0.15) is 11.5 Å². The van der Waals surface area contributed by atoms with E-state index in [0.29, 0.717) is 5.02 Å². The number of benzene rings is 2. The van der Waals surface area contributed by atoms with E-state index < -0.39 is 11.8 Å². The minimum Gasteiger partial charge on any atom is -0.497 e. The van der Waals surface area contributed by atoms with Crippen LogP contribution in [-0.4, -0.2) is 56.5 Å². The number of furan rings is 1. The first kappa shape index (κ1) is 24.6. The molecule has 2 heterocycles. The van der Waals surface area contributed by atoms with Crippen LogP contribution in [0, 0.1) is 0 Å². The molecule has 1 atom stereocenters. The normalized spacial score (nSPS) is 14.9. The van der Waals surface area contributed by atoms with Gasteiger partial charge in [-0.05, 0) is 48.0 Å². The Hall–Kier alpha value is -3.49. The number of piperazine rings is 1. The smallest absolute Gasteiger partial charge is 0.309 e. The average molecular weight is 497 g/mol. The van der Waals surface area contributed by atoms with Crippen LogP contribution in [0.4, 0.5) is 5.69 Å². The molecule has 9 heteroatoms. The van der Waals surface area contributed by atoms with E-state index in [-0.39, 0.29) is 19.1 Å². The highest BCUT2D eigenvalue weighted by Crippen LogP contribution is 2.25. The predicted molar refractivity (Wildman–Crippen MR) is 135 cm³/mol. The van der Waals surface area contributed by atoms with Crippen LogP contribution < -0.4 is 20.3 Å². The molecule has 0 saturated carbocycles. The van der Waals surface area contributed by atoms with Crippen molar-refractivity contribution in [1.82, 2.24) is 15.5 Å². The van der Waals surface area contributed by atoms with Crippen LogP contribution in [0.15, 0.2) is 71.3 Å². The van der Waals surface area contributed by atoms with Gasteiger partial charge in [-0.3, -0.25) is 14.5 Å². The first-order valence-corrected chi connectivity index (χ1v) is 11.9. The molecule has 2 amide bonds. The Bertz CT molecular complexity index is 1110. The van der Waals surface area contributed by atoms with E-state index in [1.807, 2.05) is 36.4 Å². The first-order valence-electron chi connectivity index (χ1n) is 11.5.